The van der Waals surface area contributed by atoms with Crippen molar-refractivity contribution in [2.24, 2.45) is 14.1 Å². The van der Waals surface area contributed by atoms with Gasteiger partial charge in [-0.1, -0.05) is 17.7 Å². The van der Waals surface area contributed by atoms with Crippen LogP contribution in [0.25, 0.3) is 11.0 Å². The number of rotatable bonds is 4. The number of fused-ring (bicyclic) bond motifs is 1. The van der Waals surface area contributed by atoms with Crippen LogP contribution < -0.4 is 15.3 Å². The van der Waals surface area contributed by atoms with E-state index >= 15 is 0 Å². The molecular weight excluding hydrogens is 392 g/mol. The Labute approximate surface area is 169 Å². The van der Waals surface area contributed by atoms with Crippen LogP contribution in [0.4, 0.5) is 11.4 Å². The van der Waals surface area contributed by atoms with Gasteiger partial charge in [0.25, 0.3) is 10.0 Å². The summed E-state index contributed by atoms with van der Waals surface area (Å²) in [7, 11) is -0.388. The van der Waals surface area contributed by atoms with Crippen LogP contribution in [0.3, 0.4) is 0 Å². The standard InChI is InChI=1S/C20H24N4O4S/c1-14-4-6-15(7-5-14)29(26,27)21-16-12-18-19(23(3)20(25)22(18)2)13-17(16)24-8-10-28-11-9-24/h4-7,12-13,21H,8-11H2,1-3H3. The van der Waals surface area contributed by atoms with E-state index in [0.717, 1.165) is 16.8 Å². The third kappa shape index (κ3) is 3.51. The molecule has 0 bridgehead atoms. The highest BCUT2D eigenvalue weighted by molar-refractivity contribution is 7.92. The number of aromatic nitrogens is 2. The fourth-order valence-electron chi connectivity index (χ4n) is 3.60. The molecule has 2 heterocycles. The molecule has 0 saturated carbocycles. The highest BCUT2D eigenvalue weighted by atomic mass is 32.2. The van der Waals surface area contributed by atoms with Gasteiger partial charge >= 0.3 is 5.69 Å². The summed E-state index contributed by atoms with van der Waals surface area (Å²) in [6.07, 6.45) is 0. The van der Waals surface area contributed by atoms with E-state index in [1.54, 1.807) is 49.0 Å². The number of benzene rings is 2. The third-order valence-electron chi connectivity index (χ3n) is 5.32. The summed E-state index contributed by atoms with van der Waals surface area (Å²) in [5.74, 6) is 0. The summed E-state index contributed by atoms with van der Waals surface area (Å²) < 4.78 is 37.3. The summed E-state index contributed by atoms with van der Waals surface area (Å²) >= 11 is 0. The molecule has 29 heavy (non-hydrogen) atoms. The summed E-state index contributed by atoms with van der Waals surface area (Å²) in [6, 6.07) is 10.3. The molecule has 1 saturated heterocycles. The number of sulfonamides is 1. The Bertz CT molecular complexity index is 1220. The zero-order chi connectivity index (χ0) is 20.8. The lowest BCUT2D eigenvalue weighted by Crippen LogP contribution is -2.36. The Hall–Kier alpha value is -2.78. The molecule has 8 nitrogen and oxygen atoms in total. The minimum atomic E-state index is -3.78. The molecule has 1 aliphatic rings. The number of hydrogen-bond acceptors (Lipinski definition) is 5. The zero-order valence-electron chi connectivity index (χ0n) is 16.7. The van der Waals surface area contributed by atoms with Gasteiger partial charge in [0.05, 0.1) is 40.5 Å². The molecule has 154 valence electrons. The molecule has 0 unspecified atom stereocenters. The maximum Gasteiger partial charge on any atom is 0.328 e. The summed E-state index contributed by atoms with van der Waals surface area (Å²) in [5, 5.41) is 0. The topological polar surface area (TPSA) is 85.6 Å². The van der Waals surface area contributed by atoms with E-state index in [-0.39, 0.29) is 10.6 Å². The minimum absolute atomic E-state index is 0.161. The number of nitrogens with zero attached hydrogens (tertiary/aromatic N) is 3. The first-order valence-electron chi connectivity index (χ1n) is 9.39. The van der Waals surface area contributed by atoms with Gasteiger partial charge in [-0.05, 0) is 31.2 Å². The lowest BCUT2D eigenvalue weighted by atomic mass is 10.2. The number of ether oxygens (including phenoxy) is 1. The Morgan fingerprint density at radius 1 is 0.966 bits per heavy atom. The quantitative estimate of drug-likeness (QED) is 0.701. The second-order valence-corrected chi connectivity index (χ2v) is 8.96. The summed E-state index contributed by atoms with van der Waals surface area (Å²) in [4.78, 5) is 14.6. The highest BCUT2D eigenvalue weighted by Gasteiger charge is 2.22. The molecule has 0 spiro atoms. The molecule has 1 aliphatic heterocycles. The van der Waals surface area contributed by atoms with Gasteiger partial charge in [0.1, 0.15) is 0 Å². The Kier molecular flexibility index (Phi) is 4.87. The molecule has 1 N–H and O–H groups in total. The number of hydrogen-bond donors (Lipinski definition) is 1. The van der Waals surface area contributed by atoms with Crippen molar-refractivity contribution in [3.8, 4) is 0 Å². The molecule has 1 aromatic heterocycles. The number of nitrogens with one attached hydrogen (secondary N) is 1. The molecule has 9 heteroatoms. The average Bonchev–Trinajstić information content (AvgIpc) is 2.92. The second kappa shape index (κ2) is 7.23. The largest absolute Gasteiger partial charge is 0.378 e. The van der Waals surface area contributed by atoms with E-state index in [1.807, 2.05) is 13.0 Å². The SMILES string of the molecule is Cc1ccc(S(=O)(=O)Nc2cc3c(cc2N2CCOCC2)n(C)c(=O)n3C)cc1. The van der Waals surface area contributed by atoms with Crippen LogP contribution in [-0.4, -0.2) is 43.9 Å². The number of aryl methyl sites for hydroxylation is 3. The van der Waals surface area contributed by atoms with Crippen LogP contribution in [0, 0.1) is 6.92 Å². The predicted molar refractivity (Wildman–Crippen MR) is 113 cm³/mol. The lowest BCUT2D eigenvalue weighted by molar-refractivity contribution is 0.123. The maximum atomic E-state index is 13.0. The van der Waals surface area contributed by atoms with Gasteiger partial charge in [0.15, 0.2) is 0 Å². The van der Waals surface area contributed by atoms with Crippen LogP contribution in [-0.2, 0) is 28.9 Å². The molecule has 1 fully saturated rings. The van der Waals surface area contributed by atoms with Gasteiger partial charge in [-0.3, -0.25) is 13.9 Å². The van der Waals surface area contributed by atoms with E-state index in [2.05, 4.69) is 9.62 Å². The molecule has 2 aromatic carbocycles. The number of anilines is 2. The smallest absolute Gasteiger partial charge is 0.328 e. The van der Waals surface area contributed by atoms with Crippen LogP contribution in [0.5, 0.6) is 0 Å². The second-order valence-electron chi connectivity index (χ2n) is 7.28. The number of morpholine rings is 1. The normalized spacial score (nSPS) is 15.1. The zero-order valence-corrected chi connectivity index (χ0v) is 17.5. The molecule has 4 rings (SSSR count). The van der Waals surface area contributed by atoms with Crippen molar-refractivity contribution in [1.82, 2.24) is 9.13 Å². The van der Waals surface area contributed by atoms with Gasteiger partial charge in [-0.15, -0.1) is 0 Å². The van der Waals surface area contributed by atoms with Crippen molar-refractivity contribution >= 4 is 32.4 Å². The van der Waals surface area contributed by atoms with E-state index in [1.165, 1.54) is 4.57 Å². The Morgan fingerprint density at radius 2 is 1.55 bits per heavy atom. The van der Waals surface area contributed by atoms with Crippen molar-refractivity contribution in [3.05, 3.63) is 52.4 Å². The molecule has 0 amide bonds. The summed E-state index contributed by atoms with van der Waals surface area (Å²) in [5.41, 5.74) is 3.41. The Balaban J connectivity index is 1.85. The monoisotopic (exact) mass is 416 g/mol. The average molecular weight is 417 g/mol. The van der Waals surface area contributed by atoms with Crippen LogP contribution in [0.1, 0.15) is 5.56 Å². The first-order chi connectivity index (χ1) is 13.8. The fourth-order valence-corrected chi connectivity index (χ4v) is 4.67. The van der Waals surface area contributed by atoms with Crippen molar-refractivity contribution in [3.63, 3.8) is 0 Å². The Morgan fingerprint density at radius 3 is 2.17 bits per heavy atom. The molecule has 3 aromatic rings. The van der Waals surface area contributed by atoms with Crippen LogP contribution >= 0.6 is 0 Å². The highest BCUT2D eigenvalue weighted by Crippen LogP contribution is 2.33. The van der Waals surface area contributed by atoms with Crippen molar-refractivity contribution < 1.29 is 13.2 Å². The molecular formula is C20H24N4O4S. The molecule has 0 aliphatic carbocycles. The van der Waals surface area contributed by atoms with E-state index in [4.69, 9.17) is 4.74 Å². The first-order valence-corrected chi connectivity index (χ1v) is 10.9. The van der Waals surface area contributed by atoms with Gasteiger partial charge in [0.2, 0.25) is 0 Å². The first kappa shape index (κ1) is 19.5. The lowest BCUT2D eigenvalue weighted by Gasteiger charge is -2.30. The number of imidazole rings is 1. The maximum absolute atomic E-state index is 13.0. The van der Waals surface area contributed by atoms with Gasteiger partial charge < -0.3 is 9.64 Å². The van der Waals surface area contributed by atoms with Gasteiger partial charge in [-0.25, -0.2) is 13.2 Å². The predicted octanol–water partition coefficient (Wildman–Crippen LogP) is 1.82. The van der Waals surface area contributed by atoms with Crippen molar-refractivity contribution in [1.29, 1.82) is 0 Å². The summed E-state index contributed by atoms with van der Waals surface area (Å²) in [6.45, 7) is 4.33. The van der Waals surface area contributed by atoms with Gasteiger partial charge in [0, 0.05) is 27.2 Å². The van der Waals surface area contributed by atoms with Crippen molar-refractivity contribution in [2.75, 3.05) is 35.9 Å². The van der Waals surface area contributed by atoms with Crippen LogP contribution in [0.15, 0.2) is 46.1 Å². The fraction of sp³-hybridized carbons (Fsp3) is 0.350. The molecule has 0 radical (unpaired) electrons. The van der Waals surface area contributed by atoms with E-state index in [9.17, 15) is 13.2 Å². The third-order valence-corrected chi connectivity index (χ3v) is 6.70. The minimum Gasteiger partial charge on any atom is -0.378 e. The van der Waals surface area contributed by atoms with E-state index < -0.39 is 10.0 Å². The molecule has 0 atom stereocenters. The van der Waals surface area contributed by atoms with Gasteiger partial charge in [-0.2, -0.15) is 0 Å². The van der Waals surface area contributed by atoms with E-state index in [0.29, 0.717) is 37.5 Å². The van der Waals surface area contributed by atoms with Crippen LogP contribution in [0.2, 0.25) is 0 Å². The van der Waals surface area contributed by atoms with Crippen molar-refractivity contribution in [2.45, 2.75) is 11.8 Å².